The van der Waals surface area contributed by atoms with Crippen LogP contribution < -0.4 is 5.32 Å². The van der Waals surface area contributed by atoms with Gasteiger partial charge in [-0.25, -0.2) is 9.67 Å². The molecule has 15 heavy (non-hydrogen) atoms. The Morgan fingerprint density at radius 3 is 2.67 bits per heavy atom. The van der Waals surface area contributed by atoms with Crippen LogP contribution in [0.3, 0.4) is 0 Å². The van der Waals surface area contributed by atoms with Crippen molar-refractivity contribution < 1.29 is 0 Å². The Morgan fingerprint density at radius 2 is 2.00 bits per heavy atom. The number of rotatable bonds is 3. The first-order valence-corrected chi connectivity index (χ1v) is 4.95. The van der Waals surface area contributed by atoms with E-state index in [9.17, 15) is 0 Å². The molecule has 0 spiro atoms. The molecule has 1 N–H and O–H groups in total. The molecule has 2 aromatic rings. The molecule has 1 aromatic carbocycles. The molecule has 1 aromatic heterocycles. The second-order valence-corrected chi connectivity index (χ2v) is 3.39. The van der Waals surface area contributed by atoms with Crippen LogP contribution in [-0.2, 0) is 0 Å². The molecule has 0 bridgehead atoms. The molecule has 4 nitrogen and oxygen atoms in total. The molecule has 0 amide bonds. The normalized spacial score (nSPS) is 12.7. The van der Waals surface area contributed by atoms with Gasteiger partial charge in [0, 0.05) is 0 Å². The van der Waals surface area contributed by atoms with Gasteiger partial charge in [-0.05, 0) is 26.1 Å². The fourth-order valence-corrected chi connectivity index (χ4v) is 1.31. The van der Waals surface area contributed by atoms with Crippen molar-refractivity contribution in [2.45, 2.75) is 13.0 Å². The average Bonchev–Trinajstić information content (AvgIpc) is 2.78. The molecule has 0 saturated carbocycles. The van der Waals surface area contributed by atoms with E-state index >= 15 is 0 Å². The number of benzene rings is 1. The lowest BCUT2D eigenvalue weighted by Gasteiger charge is -2.03. The maximum Gasteiger partial charge on any atom is 0.167 e. The van der Waals surface area contributed by atoms with E-state index in [-0.39, 0.29) is 6.04 Å². The summed E-state index contributed by atoms with van der Waals surface area (Å²) in [6.07, 6.45) is 1.73. The SMILES string of the molecule is CNC(C)c1ncn(-c2ccccc2)n1. The number of nitrogens with zero attached hydrogens (tertiary/aromatic N) is 3. The topological polar surface area (TPSA) is 42.7 Å². The lowest BCUT2D eigenvalue weighted by Crippen LogP contribution is -2.14. The fraction of sp³-hybridized carbons (Fsp3) is 0.273. The van der Waals surface area contributed by atoms with Crippen LogP contribution in [0.4, 0.5) is 0 Å². The van der Waals surface area contributed by atoms with E-state index in [1.165, 1.54) is 0 Å². The van der Waals surface area contributed by atoms with Crippen LogP contribution in [0.1, 0.15) is 18.8 Å². The van der Waals surface area contributed by atoms with Gasteiger partial charge >= 0.3 is 0 Å². The maximum atomic E-state index is 4.39. The van der Waals surface area contributed by atoms with Crippen molar-refractivity contribution in [3.8, 4) is 5.69 Å². The summed E-state index contributed by atoms with van der Waals surface area (Å²) in [5, 5.41) is 7.50. The third kappa shape index (κ3) is 2.05. The van der Waals surface area contributed by atoms with Gasteiger partial charge in [0.2, 0.25) is 0 Å². The predicted octanol–water partition coefficient (Wildman–Crippen LogP) is 1.55. The molecule has 0 aliphatic carbocycles. The monoisotopic (exact) mass is 202 g/mol. The molecule has 0 aliphatic heterocycles. The van der Waals surface area contributed by atoms with Gasteiger partial charge in [-0.15, -0.1) is 5.10 Å². The first-order valence-electron chi connectivity index (χ1n) is 4.95. The van der Waals surface area contributed by atoms with Gasteiger partial charge in [0.15, 0.2) is 5.82 Å². The van der Waals surface area contributed by atoms with Gasteiger partial charge in [-0.3, -0.25) is 0 Å². The first kappa shape index (κ1) is 9.86. The number of aromatic nitrogens is 3. The van der Waals surface area contributed by atoms with Crippen molar-refractivity contribution in [2.24, 2.45) is 0 Å². The lowest BCUT2D eigenvalue weighted by molar-refractivity contribution is 0.607. The van der Waals surface area contributed by atoms with Crippen LogP contribution in [0.25, 0.3) is 5.69 Å². The highest BCUT2D eigenvalue weighted by atomic mass is 15.3. The number of para-hydroxylation sites is 1. The molecule has 0 saturated heterocycles. The molecule has 0 radical (unpaired) electrons. The molecular formula is C11H14N4. The van der Waals surface area contributed by atoms with Crippen LogP contribution >= 0.6 is 0 Å². The predicted molar refractivity (Wildman–Crippen MR) is 58.8 cm³/mol. The van der Waals surface area contributed by atoms with Gasteiger partial charge in [0.25, 0.3) is 0 Å². The van der Waals surface area contributed by atoms with E-state index in [4.69, 9.17) is 0 Å². The zero-order chi connectivity index (χ0) is 10.7. The smallest absolute Gasteiger partial charge is 0.167 e. The minimum atomic E-state index is 0.176. The highest BCUT2D eigenvalue weighted by molar-refractivity contribution is 5.29. The Labute approximate surface area is 89.0 Å². The van der Waals surface area contributed by atoms with Crippen LogP contribution in [0.5, 0.6) is 0 Å². The summed E-state index contributed by atoms with van der Waals surface area (Å²) in [5.41, 5.74) is 1.03. The zero-order valence-electron chi connectivity index (χ0n) is 8.88. The molecule has 0 fully saturated rings. The van der Waals surface area contributed by atoms with Crippen LogP contribution in [0.2, 0.25) is 0 Å². The van der Waals surface area contributed by atoms with Crippen molar-refractivity contribution in [1.82, 2.24) is 20.1 Å². The molecule has 4 heteroatoms. The molecule has 1 heterocycles. The van der Waals surface area contributed by atoms with Crippen molar-refractivity contribution in [3.05, 3.63) is 42.5 Å². The number of nitrogens with one attached hydrogen (secondary N) is 1. The maximum absolute atomic E-state index is 4.39. The highest BCUT2D eigenvalue weighted by Crippen LogP contribution is 2.08. The van der Waals surface area contributed by atoms with Crippen molar-refractivity contribution in [2.75, 3.05) is 7.05 Å². The standard InChI is InChI=1S/C11H14N4/c1-9(12-2)11-13-8-15(14-11)10-6-4-3-5-7-10/h3-9,12H,1-2H3. The van der Waals surface area contributed by atoms with Gasteiger partial charge in [-0.2, -0.15) is 0 Å². The third-order valence-electron chi connectivity index (χ3n) is 2.35. The average molecular weight is 202 g/mol. The number of hydrogen-bond acceptors (Lipinski definition) is 3. The summed E-state index contributed by atoms with van der Waals surface area (Å²) in [7, 11) is 1.90. The van der Waals surface area contributed by atoms with Crippen LogP contribution in [0, 0.1) is 0 Å². The van der Waals surface area contributed by atoms with Crippen molar-refractivity contribution in [3.63, 3.8) is 0 Å². The minimum absolute atomic E-state index is 0.176. The quantitative estimate of drug-likeness (QED) is 0.821. The summed E-state index contributed by atoms with van der Waals surface area (Å²) < 4.78 is 1.78. The third-order valence-corrected chi connectivity index (χ3v) is 2.35. The van der Waals surface area contributed by atoms with Crippen molar-refractivity contribution >= 4 is 0 Å². The lowest BCUT2D eigenvalue weighted by atomic mass is 10.3. The summed E-state index contributed by atoms with van der Waals surface area (Å²) >= 11 is 0. The van der Waals surface area contributed by atoms with E-state index in [1.54, 1.807) is 11.0 Å². The Balaban J connectivity index is 2.28. The van der Waals surface area contributed by atoms with E-state index in [0.29, 0.717) is 0 Å². The molecule has 1 unspecified atom stereocenters. The Kier molecular flexibility index (Phi) is 2.78. The van der Waals surface area contributed by atoms with E-state index < -0.39 is 0 Å². The Morgan fingerprint density at radius 1 is 1.27 bits per heavy atom. The largest absolute Gasteiger partial charge is 0.311 e. The number of hydrogen-bond donors (Lipinski definition) is 1. The van der Waals surface area contributed by atoms with E-state index in [0.717, 1.165) is 11.5 Å². The molecule has 1 atom stereocenters. The van der Waals surface area contributed by atoms with Gasteiger partial charge in [0.1, 0.15) is 6.33 Å². The highest BCUT2D eigenvalue weighted by Gasteiger charge is 2.08. The Hall–Kier alpha value is -1.68. The van der Waals surface area contributed by atoms with E-state index in [1.807, 2.05) is 44.3 Å². The Bertz CT molecular complexity index is 421. The fourth-order valence-electron chi connectivity index (χ4n) is 1.31. The minimum Gasteiger partial charge on any atom is -0.311 e. The van der Waals surface area contributed by atoms with Gasteiger partial charge < -0.3 is 5.32 Å². The second-order valence-electron chi connectivity index (χ2n) is 3.39. The first-order chi connectivity index (χ1) is 7.31. The molecule has 2 rings (SSSR count). The van der Waals surface area contributed by atoms with Crippen LogP contribution in [0.15, 0.2) is 36.7 Å². The van der Waals surface area contributed by atoms with E-state index in [2.05, 4.69) is 15.4 Å². The van der Waals surface area contributed by atoms with Gasteiger partial charge in [-0.1, -0.05) is 18.2 Å². The van der Waals surface area contributed by atoms with Crippen LogP contribution in [-0.4, -0.2) is 21.8 Å². The second kappa shape index (κ2) is 4.23. The molecule has 0 aliphatic rings. The summed E-state index contributed by atoms with van der Waals surface area (Å²) in [5.74, 6) is 0.807. The molecule has 78 valence electrons. The van der Waals surface area contributed by atoms with Gasteiger partial charge in [0.05, 0.1) is 11.7 Å². The zero-order valence-corrected chi connectivity index (χ0v) is 8.88. The summed E-state index contributed by atoms with van der Waals surface area (Å²) in [6, 6.07) is 10.1. The summed E-state index contributed by atoms with van der Waals surface area (Å²) in [4.78, 5) is 4.25. The summed E-state index contributed by atoms with van der Waals surface area (Å²) in [6.45, 7) is 2.03. The van der Waals surface area contributed by atoms with Crippen molar-refractivity contribution in [1.29, 1.82) is 0 Å². The molecular weight excluding hydrogens is 188 g/mol.